The van der Waals surface area contributed by atoms with Gasteiger partial charge < -0.3 is 5.43 Å². The van der Waals surface area contributed by atoms with E-state index in [-0.39, 0.29) is 9.64 Å². The van der Waals surface area contributed by atoms with Crippen molar-refractivity contribution in [1.29, 1.82) is 0 Å². The normalized spacial score (nSPS) is 17.4. The Morgan fingerprint density at radius 3 is 2.39 bits per heavy atom. The second-order valence-corrected chi connectivity index (χ2v) is 7.42. The Bertz CT molecular complexity index is 510. The minimum Gasteiger partial charge on any atom is -0.324 e. The van der Waals surface area contributed by atoms with Gasteiger partial charge in [-0.1, -0.05) is 0 Å². The van der Waals surface area contributed by atoms with Crippen LogP contribution < -0.4 is 16.0 Å². The molecule has 18 heavy (non-hydrogen) atoms. The largest absolute Gasteiger partial charge is 0.324 e. The number of nitrogens with one attached hydrogen (secondary N) is 2. The van der Waals surface area contributed by atoms with Gasteiger partial charge in [-0.3, -0.25) is 5.84 Å². The lowest BCUT2D eigenvalue weighted by atomic mass is 10.3. The zero-order chi connectivity index (χ0) is 13.2. The number of benzene rings is 1. The van der Waals surface area contributed by atoms with Gasteiger partial charge in [-0.15, -0.1) is 0 Å². The van der Waals surface area contributed by atoms with Gasteiger partial charge in [0.05, 0.1) is 4.90 Å². The predicted octanol–water partition coefficient (Wildman–Crippen LogP) is 1.15. The van der Waals surface area contributed by atoms with Gasteiger partial charge in [-0.05, 0) is 43.4 Å². The van der Waals surface area contributed by atoms with Crippen molar-refractivity contribution in [2.75, 3.05) is 18.2 Å². The highest BCUT2D eigenvalue weighted by Gasteiger charge is 2.42. The molecule has 1 aromatic rings. The molecule has 0 aromatic heterocycles. The van der Waals surface area contributed by atoms with E-state index >= 15 is 0 Å². The first-order valence-corrected chi connectivity index (χ1v) is 8.34. The van der Waals surface area contributed by atoms with Crippen molar-refractivity contribution in [1.82, 2.24) is 4.72 Å². The molecule has 1 aliphatic rings. The van der Waals surface area contributed by atoms with Crippen molar-refractivity contribution in [2.45, 2.75) is 22.5 Å². The summed E-state index contributed by atoms with van der Waals surface area (Å²) in [6.07, 6.45) is 4.17. The van der Waals surface area contributed by atoms with Crippen LogP contribution in [0.25, 0.3) is 0 Å². The molecule has 0 spiro atoms. The van der Waals surface area contributed by atoms with E-state index in [1.807, 2.05) is 6.26 Å². The van der Waals surface area contributed by atoms with E-state index in [4.69, 9.17) is 5.84 Å². The number of sulfonamides is 1. The molecule has 0 aliphatic heterocycles. The monoisotopic (exact) mass is 287 g/mol. The molecule has 100 valence electrons. The van der Waals surface area contributed by atoms with Crippen molar-refractivity contribution < 1.29 is 8.42 Å². The lowest BCUT2D eigenvalue weighted by molar-refractivity contribution is 0.580. The standard InChI is InChI=1S/C11H17N3O2S2/c1-17-11(6-7-11)8-13-18(15,16)10-4-2-9(14-12)3-5-10/h2-5,13-14H,6-8,12H2,1H3. The fraction of sp³-hybridized carbons (Fsp3) is 0.455. The number of hydrogen-bond acceptors (Lipinski definition) is 5. The van der Waals surface area contributed by atoms with E-state index in [1.54, 1.807) is 23.9 Å². The smallest absolute Gasteiger partial charge is 0.240 e. The van der Waals surface area contributed by atoms with Gasteiger partial charge in [0.2, 0.25) is 10.0 Å². The maximum Gasteiger partial charge on any atom is 0.240 e. The van der Waals surface area contributed by atoms with Gasteiger partial charge in [0, 0.05) is 17.0 Å². The van der Waals surface area contributed by atoms with Crippen LogP contribution in [0.5, 0.6) is 0 Å². The number of thioether (sulfide) groups is 1. The molecule has 4 N–H and O–H groups in total. The van der Waals surface area contributed by atoms with Crippen LogP contribution in [0.4, 0.5) is 5.69 Å². The van der Waals surface area contributed by atoms with Crippen LogP contribution in [0.3, 0.4) is 0 Å². The summed E-state index contributed by atoms with van der Waals surface area (Å²) in [4.78, 5) is 0.262. The minimum absolute atomic E-state index is 0.117. The van der Waals surface area contributed by atoms with Gasteiger partial charge in [-0.2, -0.15) is 11.8 Å². The van der Waals surface area contributed by atoms with Gasteiger partial charge in [-0.25, -0.2) is 13.1 Å². The lowest BCUT2D eigenvalue weighted by Gasteiger charge is -2.13. The number of hydrazine groups is 1. The summed E-state index contributed by atoms with van der Waals surface area (Å²) in [6, 6.07) is 6.35. The first kappa shape index (κ1) is 13.7. The predicted molar refractivity (Wildman–Crippen MR) is 74.9 cm³/mol. The molecule has 0 radical (unpaired) electrons. The van der Waals surface area contributed by atoms with Gasteiger partial charge >= 0.3 is 0 Å². The summed E-state index contributed by atoms with van der Waals surface area (Å²) < 4.78 is 26.9. The number of nitrogens with two attached hydrogens (primary N) is 1. The third kappa shape index (κ3) is 2.97. The topological polar surface area (TPSA) is 84.2 Å². The third-order valence-electron chi connectivity index (χ3n) is 3.16. The zero-order valence-electron chi connectivity index (χ0n) is 10.1. The van der Waals surface area contributed by atoms with E-state index in [9.17, 15) is 8.42 Å². The highest BCUT2D eigenvalue weighted by Crippen LogP contribution is 2.46. The summed E-state index contributed by atoms with van der Waals surface area (Å²) in [5.41, 5.74) is 3.14. The van der Waals surface area contributed by atoms with Crippen LogP contribution in [0.2, 0.25) is 0 Å². The van der Waals surface area contributed by atoms with Gasteiger partial charge in [0.15, 0.2) is 0 Å². The molecule has 0 unspecified atom stereocenters. The van der Waals surface area contributed by atoms with E-state index in [0.717, 1.165) is 12.8 Å². The Morgan fingerprint density at radius 2 is 1.94 bits per heavy atom. The van der Waals surface area contributed by atoms with Crippen molar-refractivity contribution in [3.05, 3.63) is 24.3 Å². The first-order valence-electron chi connectivity index (χ1n) is 5.63. The molecule has 0 saturated heterocycles. The average Bonchev–Trinajstić information content (AvgIpc) is 3.17. The molecule has 7 heteroatoms. The second-order valence-electron chi connectivity index (χ2n) is 4.38. The number of anilines is 1. The summed E-state index contributed by atoms with van der Waals surface area (Å²) in [7, 11) is -3.42. The minimum atomic E-state index is -3.42. The maximum atomic E-state index is 12.1. The SMILES string of the molecule is CSC1(CNS(=O)(=O)c2ccc(NN)cc2)CC1. The fourth-order valence-corrected chi connectivity index (χ4v) is 3.58. The Balaban J connectivity index is 2.05. The molecule has 1 saturated carbocycles. The summed E-state index contributed by atoms with van der Waals surface area (Å²) in [6.45, 7) is 0.493. The zero-order valence-corrected chi connectivity index (χ0v) is 11.8. The van der Waals surface area contributed by atoms with Crippen molar-refractivity contribution >= 4 is 27.5 Å². The second kappa shape index (κ2) is 5.08. The molecule has 1 aromatic carbocycles. The Morgan fingerprint density at radius 1 is 1.33 bits per heavy atom. The Labute approximate surface area is 112 Å². The van der Waals surface area contributed by atoms with E-state index in [2.05, 4.69) is 10.1 Å². The molecule has 0 atom stereocenters. The summed E-state index contributed by atoms with van der Waals surface area (Å²) >= 11 is 1.73. The Hall–Kier alpha value is -0.760. The van der Waals surface area contributed by atoms with E-state index in [0.29, 0.717) is 12.2 Å². The van der Waals surface area contributed by atoms with Crippen LogP contribution in [0.1, 0.15) is 12.8 Å². The van der Waals surface area contributed by atoms with Crippen molar-refractivity contribution in [3.8, 4) is 0 Å². The van der Waals surface area contributed by atoms with Crippen molar-refractivity contribution in [3.63, 3.8) is 0 Å². The number of nitrogen functional groups attached to an aromatic ring is 1. The van der Waals surface area contributed by atoms with Crippen molar-refractivity contribution in [2.24, 2.45) is 5.84 Å². The highest BCUT2D eigenvalue weighted by molar-refractivity contribution is 8.00. The van der Waals surface area contributed by atoms with Crippen LogP contribution in [-0.4, -0.2) is 26.0 Å². The molecule has 0 heterocycles. The van der Waals surface area contributed by atoms with Crippen LogP contribution >= 0.6 is 11.8 Å². The van der Waals surface area contributed by atoms with E-state index < -0.39 is 10.0 Å². The lowest BCUT2D eigenvalue weighted by Crippen LogP contribution is -2.31. The van der Waals surface area contributed by atoms with Crippen LogP contribution in [-0.2, 0) is 10.0 Å². The third-order valence-corrected chi connectivity index (χ3v) is 5.99. The number of rotatable bonds is 6. The van der Waals surface area contributed by atoms with Crippen LogP contribution in [0, 0.1) is 0 Å². The Kier molecular flexibility index (Phi) is 3.86. The fourth-order valence-electron chi connectivity index (χ4n) is 1.63. The molecule has 0 amide bonds. The molecule has 0 bridgehead atoms. The molecule has 2 rings (SSSR count). The van der Waals surface area contributed by atoms with Crippen LogP contribution in [0.15, 0.2) is 29.2 Å². The maximum absolute atomic E-state index is 12.1. The molecule has 1 aliphatic carbocycles. The first-order chi connectivity index (χ1) is 8.51. The molecular weight excluding hydrogens is 270 g/mol. The van der Waals surface area contributed by atoms with E-state index in [1.165, 1.54) is 12.1 Å². The highest BCUT2D eigenvalue weighted by atomic mass is 32.2. The summed E-state index contributed by atoms with van der Waals surface area (Å²) in [5, 5.41) is 0. The summed E-state index contributed by atoms with van der Waals surface area (Å²) in [5.74, 6) is 5.23. The van der Waals surface area contributed by atoms with Gasteiger partial charge in [0.1, 0.15) is 0 Å². The molecule has 5 nitrogen and oxygen atoms in total. The van der Waals surface area contributed by atoms with Gasteiger partial charge in [0.25, 0.3) is 0 Å². The molecular formula is C11H17N3O2S2. The average molecular weight is 287 g/mol. The number of hydrogen-bond donors (Lipinski definition) is 3. The quantitative estimate of drug-likeness (QED) is 0.540. The molecule has 1 fully saturated rings.